The lowest BCUT2D eigenvalue weighted by Crippen LogP contribution is -2.50. The van der Waals surface area contributed by atoms with Gasteiger partial charge in [-0.05, 0) is 51.2 Å². The van der Waals surface area contributed by atoms with E-state index >= 15 is 0 Å². The number of esters is 1. The van der Waals surface area contributed by atoms with Gasteiger partial charge in [0.05, 0.1) is 19.1 Å². The van der Waals surface area contributed by atoms with Crippen LogP contribution in [0.2, 0.25) is 18.1 Å². The molecule has 0 aliphatic heterocycles. The van der Waals surface area contributed by atoms with Gasteiger partial charge in [-0.25, -0.2) is 0 Å². The first-order valence-corrected chi connectivity index (χ1v) is 13.8. The molecular weight excluding hydrogens is 372 g/mol. The van der Waals surface area contributed by atoms with E-state index in [9.17, 15) is 14.7 Å². The summed E-state index contributed by atoms with van der Waals surface area (Å²) in [5, 5.41) is 9.55. The van der Waals surface area contributed by atoms with Crippen LogP contribution in [0.4, 0.5) is 0 Å². The standard InChI is InChI=1S/C22H42O5Si/c1-8-26-21(25)15-18-17(12-10-9-11-16(2)23)19(24)13-14-20(18)27-28(6,7)22(3,4)5/h16-18,20,23H,8-15H2,1-7H3/t16-,17-,18-,20+/m1/s1. The molecule has 164 valence electrons. The molecule has 0 unspecified atom stereocenters. The highest BCUT2D eigenvalue weighted by Gasteiger charge is 2.45. The maximum atomic E-state index is 12.7. The Kier molecular flexibility index (Phi) is 9.84. The number of unbranched alkanes of at least 4 members (excludes halogenated alkanes) is 1. The molecule has 0 heterocycles. The number of Topliss-reactive ketones (excluding diaryl/α,β-unsaturated/α-hetero) is 1. The summed E-state index contributed by atoms with van der Waals surface area (Å²) in [4.78, 5) is 25.0. The van der Waals surface area contributed by atoms with Gasteiger partial charge >= 0.3 is 5.97 Å². The Labute approximate surface area is 172 Å². The van der Waals surface area contributed by atoms with E-state index in [1.807, 2.05) is 0 Å². The second kappa shape index (κ2) is 10.9. The maximum absolute atomic E-state index is 12.7. The summed E-state index contributed by atoms with van der Waals surface area (Å²) in [6, 6.07) is 0. The van der Waals surface area contributed by atoms with Crippen molar-refractivity contribution >= 4 is 20.1 Å². The fourth-order valence-electron chi connectivity index (χ4n) is 3.75. The minimum Gasteiger partial charge on any atom is -0.466 e. The van der Waals surface area contributed by atoms with Gasteiger partial charge in [-0.15, -0.1) is 0 Å². The van der Waals surface area contributed by atoms with E-state index in [0.717, 1.165) is 25.7 Å². The average Bonchev–Trinajstić information content (AvgIpc) is 2.55. The Morgan fingerprint density at radius 2 is 1.93 bits per heavy atom. The number of hydrogen-bond acceptors (Lipinski definition) is 5. The number of aliphatic hydroxyl groups is 1. The number of ether oxygens (including phenoxy) is 1. The van der Waals surface area contributed by atoms with Crippen LogP contribution in [0.5, 0.6) is 0 Å². The summed E-state index contributed by atoms with van der Waals surface area (Å²) < 4.78 is 11.9. The van der Waals surface area contributed by atoms with Crippen molar-refractivity contribution in [2.24, 2.45) is 11.8 Å². The Morgan fingerprint density at radius 3 is 2.46 bits per heavy atom. The van der Waals surface area contributed by atoms with Gasteiger partial charge in [0, 0.05) is 24.4 Å². The zero-order chi connectivity index (χ0) is 21.5. The molecule has 0 aromatic carbocycles. The van der Waals surface area contributed by atoms with Crippen LogP contribution in [0.25, 0.3) is 0 Å². The minimum absolute atomic E-state index is 0.0650. The minimum atomic E-state index is -2.00. The first kappa shape index (κ1) is 25.3. The summed E-state index contributed by atoms with van der Waals surface area (Å²) >= 11 is 0. The molecule has 6 heteroatoms. The van der Waals surface area contributed by atoms with Crippen molar-refractivity contribution in [3.8, 4) is 0 Å². The summed E-state index contributed by atoms with van der Waals surface area (Å²) in [7, 11) is -2.00. The molecule has 4 atom stereocenters. The monoisotopic (exact) mass is 414 g/mol. The third kappa shape index (κ3) is 7.60. The lowest BCUT2D eigenvalue weighted by molar-refractivity contribution is -0.148. The van der Waals surface area contributed by atoms with Crippen LogP contribution < -0.4 is 0 Å². The van der Waals surface area contributed by atoms with Gasteiger partial charge in [-0.2, -0.15) is 0 Å². The summed E-state index contributed by atoms with van der Waals surface area (Å²) in [5.74, 6) is -0.246. The van der Waals surface area contributed by atoms with Gasteiger partial charge in [-0.1, -0.05) is 33.6 Å². The fraction of sp³-hybridized carbons (Fsp3) is 0.909. The summed E-state index contributed by atoms with van der Waals surface area (Å²) in [5.41, 5.74) is 0. The van der Waals surface area contributed by atoms with Crippen molar-refractivity contribution < 1.29 is 23.9 Å². The van der Waals surface area contributed by atoms with Gasteiger partial charge in [0.15, 0.2) is 8.32 Å². The molecule has 1 rings (SSSR count). The first-order chi connectivity index (χ1) is 12.9. The van der Waals surface area contributed by atoms with Crippen LogP contribution in [0.3, 0.4) is 0 Å². The van der Waals surface area contributed by atoms with Crippen molar-refractivity contribution in [3.63, 3.8) is 0 Å². The lowest BCUT2D eigenvalue weighted by Gasteiger charge is -2.44. The van der Waals surface area contributed by atoms with Crippen LogP contribution in [-0.2, 0) is 18.8 Å². The largest absolute Gasteiger partial charge is 0.466 e. The quantitative estimate of drug-likeness (QED) is 0.314. The Hall–Kier alpha value is -0.723. The van der Waals surface area contributed by atoms with Crippen LogP contribution in [0, 0.1) is 11.8 Å². The average molecular weight is 415 g/mol. The van der Waals surface area contributed by atoms with Gasteiger partial charge in [0.1, 0.15) is 5.78 Å². The summed E-state index contributed by atoms with van der Waals surface area (Å²) in [6.45, 7) is 15.0. The molecule has 0 radical (unpaired) electrons. The molecule has 0 spiro atoms. The van der Waals surface area contributed by atoms with Gasteiger partial charge < -0.3 is 14.3 Å². The van der Waals surface area contributed by atoms with Gasteiger partial charge in [-0.3, -0.25) is 9.59 Å². The van der Waals surface area contributed by atoms with Crippen LogP contribution in [0.15, 0.2) is 0 Å². The normalized spacial score (nSPS) is 24.9. The fourth-order valence-corrected chi connectivity index (χ4v) is 5.15. The Balaban J connectivity index is 2.96. The number of aliphatic hydroxyl groups excluding tert-OH is 1. The van der Waals surface area contributed by atoms with E-state index < -0.39 is 8.32 Å². The molecule has 0 bridgehead atoms. The van der Waals surface area contributed by atoms with E-state index in [-0.39, 0.29) is 47.3 Å². The van der Waals surface area contributed by atoms with Gasteiger partial charge in [0.2, 0.25) is 0 Å². The number of carbonyl (C=O) groups excluding carboxylic acids is 2. The predicted molar refractivity (Wildman–Crippen MR) is 115 cm³/mol. The molecule has 1 aliphatic rings. The van der Waals surface area contributed by atoms with E-state index in [0.29, 0.717) is 19.4 Å². The molecule has 28 heavy (non-hydrogen) atoms. The predicted octanol–water partition coefficient (Wildman–Crippen LogP) is 4.87. The lowest BCUT2D eigenvalue weighted by atomic mass is 9.72. The molecule has 5 nitrogen and oxygen atoms in total. The molecule has 0 aromatic rings. The van der Waals surface area contributed by atoms with Crippen LogP contribution in [0.1, 0.15) is 79.6 Å². The van der Waals surface area contributed by atoms with Crippen LogP contribution >= 0.6 is 0 Å². The zero-order valence-corrected chi connectivity index (χ0v) is 20.0. The highest BCUT2D eigenvalue weighted by atomic mass is 28.4. The molecule has 1 fully saturated rings. The van der Waals surface area contributed by atoms with Gasteiger partial charge in [0.25, 0.3) is 0 Å². The number of rotatable bonds is 10. The third-order valence-corrected chi connectivity index (χ3v) is 10.9. The van der Waals surface area contributed by atoms with Crippen molar-refractivity contribution in [1.29, 1.82) is 0 Å². The van der Waals surface area contributed by atoms with E-state index in [1.165, 1.54) is 0 Å². The molecular formula is C22H42O5Si. The molecule has 1 saturated carbocycles. The molecule has 0 aromatic heterocycles. The Bertz CT molecular complexity index is 510. The topological polar surface area (TPSA) is 72.8 Å². The van der Waals surface area contributed by atoms with E-state index in [2.05, 4.69) is 33.9 Å². The molecule has 1 N–H and O–H groups in total. The maximum Gasteiger partial charge on any atom is 0.306 e. The highest BCUT2D eigenvalue weighted by Crippen LogP contribution is 2.42. The zero-order valence-electron chi connectivity index (χ0n) is 19.0. The second-order valence-corrected chi connectivity index (χ2v) is 14.6. The molecule has 1 aliphatic carbocycles. The number of hydrogen-bond donors (Lipinski definition) is 1. The van der Waals surface area contributed by atoms with Crippen molar-refractivity contribution in [2.45, 2.75) is 110 Å². The van der Waals surface area contributed by atoms with E-state index in [1.54, 1.807) is 13.8 Å². The van der Waals surface area contributed by atoms with Crippen molar-refractivity contribution in [1.82, 2.24) is 0 Å². The SMILES string of the molecule is CCOC(=O)C[C@H]1[C@@H](O[Si](C)(C)C(C)(C)C)CCC(=O)[C@@H]1CCCC[C@@H](C)O. The number of ketones is 1. The number of carbonyl (C=O) groups is 2. The van der Waals surface area contributed by atoms with Crippen molar-refractivity contribution in [2.75, 3.05) is 6.61 Å². The smallest absolute Gasteiger partial charge is 0.306 e. The molecule has 0 saturated heterocycles. The van der Waals surface area contributed by atoms with Crippen molar-refractivity contribution in [3.05, 3.63) is 0 Å². The summed E-state index contributed by atoms with van der Waals surface area (Å²) in [6.07, 6.45) is 4.37. The van der Waals surface area contributed by atoms with Crippen LogP contribution in [-0.4, -0.2) is 44.0 Å². The highest BCUT2D eigenvalue weighted by molar-refractivity contribution is 6.74. The third-order valence-electron chi connectivity index (χ3n) is 6.43. The van der Waals surface area contributed by atoms with E-state index in [4.69, 9.17) is 9.16 Å². The molecule has 0 amide bonds. The second-order valence-electron chi connectivity index (χ2n) is 9.83. The first-order valence-electron chi connectivity index (χ1n) is 10.9. The Morgan fingerprint density at radius 1 is 1.29 bits per heavy atom.